The molecule has 0 bridgehead atoms. The predicted molar refractivity (Wildman–Crippen MR) is 69.4 cm³/mol. The van der Waals surface area contributed by atoms with Crippen molar-refractivity contribution in [1.29, 1.82) is 0 Å². The fourth-order valence-electron chi connectivity index (χ4n) is 2.98. The first kappa shape index (κ1) is 11.0. The highest BCUT2D eigenvalue weighted by Crippen LogP contribution is 2.31. The molecule has 0 unspecified atom stereocenters. The zero-order valence-electron chi connectivity index (χ0n) is 10.4. The van der Waals surface area contributed by atoms with Gasteiger partial charge in [0, 0.05) is 12.0 Å². The molecular weight excluding hydrogens is 208 g/mol. The summed E-state index contributed by atoms with van der Waals surface area (Å²) in [7, 11) is 0. The molecule has 0 atom stereocenters. The van der Waals surface area contributed by atoms with Crippen LogP contribution in [0.2, 0.25) is 0 Å². The smallest absolute Gasteiger partial charge is 0.163 e. The summed E-state index contributed by atoms with van der Waals surface area (Å²) in [4.78, 5) is 12.1. The Hall–Kier alpha value is -1.11. The van der Waals surface area contributed by atoms with Gasteiger partial charge in [-0.2, -0.15) is 0 Å². The summed E-state index contributed by atoms with van der Waals surface area (Å²) in [6.07, 6.45) is 9.58. The monoisotopic (exact) mass is 228 g/mol. The van der Waals surface area contributed by atoms with Gasteiger partial charge in [-0.15, -0.1) is 0 Å². The Morgan fingerprint density at radius 1 is 1.06 bits per heavy atom. The lowest BCUT2D eigenvalue weighted by atomic mass is 9.80. The number of hydrogen-bond acceptors (Lipinski definition) is 1. The molecule has 2 aliphatic carbocycles. The molecule has 0 spiro atoms. The molecule has 3 rings (SSSR count). The zero-order valence-corrected chi connectivity index (χ0v) is 10.4. The minimum absolute atomic E-state index is 0.364. The van der Waals surface area contributed by atoms with Crippen LogP contribution in [0, 0.1) is 5.92 Å². The standard InChI is InChI=1S/C16H20O/c17-16(10-12-4-3-5-12)15-9-8-13-6-1-2-7-14(13)11-15/h8-9,11-12H,1-7,10H2. The summed E-state index contributed by atoms with van der Waals surface area (Å²) >= 11 is 0. The summed E-state index contributed by atoms with van der Waals surface area (Å²) in [5.41, 5.74) is 3.85. The van der Waals surface area contributed by atoms with Gasteiger partial charge in [-0.05, 0) is 48.8 Å². The molecule has 2 aliphatic rings. The van der Waals surface area contributed by atoms with Crippen LogP contribution in [0.3, 0.4) is 0 Å². The van der Waals surface area contributed by atoms with E-state index in [9.17, 15) is 4.79 Å². The van der Waals surface area contributed by atoms with Gasteiger partial charge in [-0.3, -0.25) is 4.79 Å². The molecule has 0 radical (unpaired) electrons. The lowest BCUT2D eigenvalue weighted by Crippen LogP contribution is -2.16. The minimum atomic E-state index is 0.364. The normalized spacial score (nSPS) is 19.5. The molecule has 0 heterocycles. The molecule has 90 valence electrons. The Morgan fingerprint density at radius 3 is 2.53 bits per heavy atom. The van der Waals surface area contributed by atoms with Crippen molar-refractivity contribution in [2.45, 2.75) is 51.4 Å². The van der Waals surface area contributed by atoms with Crippen molar-refractivity contribution in [3.8, 4) is 0 Å². The molecule has 1 aromatic carbocycles. The highest BCUT2D eigenvalue weighted by Gasteiger charge is 2.22. The highest BCUT2D eigenvalue weighted by molar-refractivity contribution is 5.96. The Labute approximate surface area is 103 Å². The molecule has 1 aromatic rings. The van der Waals surface area contributed by atoms with Crippen LogP contribution in [-0.4, -0.2) is 5.78 Å². The lowest BCUT2D eigenvalue weighted by Gasteiger charge is -2.24. The van der Waals surface area contributed by atoms with Gasteiger partial charge in [0.15, 0.2) is 5.78 Å². The third kappa shape index (κ3) is 2.29. The summed E-state index contributed by atoms with van der Waals surface area (Å²) in [6.45, 7) is 0. The number of carbonyl (C=O) groups excluding carboxylic acids is 1. The van der Waals surface area contributed by atoms with Gasteiger partial charge in [0.05, 0.1) is 0 Å². The lowest BCUT2D eigenvalue weighted by molar-refractivity contribution is 0.0936. The first-order valence-electron chi connectivity index (χ1n) is 6.98. The molecular formula is C16H20O. The predicted octanol–water partition coefficient (Wildman–Crippen LogP) is 3.94. The van der Waals surface area contributed by atoms with Crippen molar-refractivity contribution in [2.75, 3.05) is 0 Å². The van der Waals surface area contributed by atoms with E-state index in [1.807, 2.05) is 6.07 Å². The maximum Gasteiger partial charge on any atom is 0.163 e. The van der Waals surface area contributed by atoms with E-state index in [4.69, 9.17) is 0 Å². The molecule has 0 saturated heterocycles. The van der Waals surface area contributed by atoms with Crippen LogP contribution in [0.5, 0.6) is 0 Å². The van der Waals surface area contributed by atoms with E-state index in [-0.39, 0.29) is 0 Å². The third-order valence-electron chi connectivity index (χ3n) is 4.37. The second-order valence-electron chi connectivity index (χ2n) is 5.61. The maximum absolute atomic E-state index is 12.1. The Morgan fingerprint density at radius 2 is 1.82 bits per heavy atom. The average molecular weight is 228 g/mol. The Kier molecular flexibility index (Phi) is 3.00. The fraction of sp³-hybridized carbons (Fsp3) is 0.562. The van der Waals surface area contributed by atoms with Crippen molar-refractivity contribution in [3.05, 3.63) is 34.9 Å². The van der Waals surface area contributed by atoms with Crippen LogP contribution in [0.4, 0.5) is 0 Å². The first-order valence-corrected chi connectivity index (χ1v) is 6.98. The van der Waals surface area contributed by atoms with Crippen molar-refractivity contribution in [1.82, 2.24) is 0 Å². The largest absolute Gasteiger partial charge is 0.294 e. The molecule has 1 saturated carbocycles. The molecule has 17 heavy (non-hydrogen) atoms. The topological polar surface area (TPSA) is 17.1 Å². The van der Waals surface area contributed by atoms with Crippen LogP contribution in [0.25, 0.3) is 0 Å². The summed E-state index contributed by atoms with van der Waals surface area (Å²) < 4.78 is 0. The first-order chi connectivity index (χ1) is 8.33. The summed E-state index contributed by atoms with van der Waals surface area (Å²) in [5, 5.41) is 0. The zero-order chi connectivity index (χ0) is 11.7. The second-order valence-corrected chi connectivity index (χ2v) is 5.61. The Balaban J connectivity index is 1.75. The fourth-order valence-corrected chi connectivity index (χ4v) is 2.98. The average Bonchev–Trinajstić information content (AvgIpc) is 2.33. The van der Waals surface area contributed by atoms with E-state index >= 15 is 0 Å². The number of carbonyl (C=O) groups is 1. The Bertz CT molecular complexity index is 429. The van der Waals surface area contributed by atoms with Gasteiger partial charge >= 0.3 is 0 Å². The number of Topliss-reactive ketones (excluding diaryl/α,β-unsaturated/α-hetero) is 1. The van der Waals surface area contributed by atoms with E-state index in [0.717, 1.165) is 12.0 Å². The van der Waals surface area contributed by atoms with Gasteiger partial charge in [0.25, 0.3) is 0 Å². The molecule has 0 amide bonds. The van der Waals surface area contributed by atoms with E-state index in [2.05, 4.69) is 12.1 Å². The number of benzene rings is 1. The molecule has 1 nitrogen and oxygen atoms in total. The van der Waals surface area contributed by atoms with E-state index in [1.165, 1.54) is 56.1 Å². The quantitative estimate of drug-likeness (QED) is 0.716. The number of aryl methyl sites for hydroxylation is 2. The van der Waals surface area contributed by atoms with Crippen molar-refractivity contribution < 1.29 is 4.79 Å². The van der Waals surface area contributed by atoms with Gasteiger partial charge in [-0.25, -0.2) is 0 Å². The van der Waals surface area contributed by atoms with Crippen molar-refractivity contribution in [3.63, 3.8) is 0 Å². The van der Waals surface area contributed by atoms with Gasteiger partial charge < -0.3 is 0 Å². The molecule has 0 aromatic heterocycles. The molecule has 0 aliphatic heterocycles. The van der Waals surface area contributed by atoms with Gasteiger partial charge in [0.1, 0.15) is 0 Å². The SMILES string of the molecule is O=C(CC1CCC1)c1ccc2c(c1)CCCC2. The van der Waals surface area contributed by atoms with Crippen LogP contribution < -0.4 is 0 Å². The number of rotatable bonds is 3. The highest BCUT2D eigenvalue weighted by atomic mass is 16.1. The minimum Gasteiger partial charge on any atom is -0.294 e. The molecule has 0 N–H and O–H groups in total. The number of ketones is 1. The van der Waals surface area contributed by atoms with Crippen LogP contribution in [-0.2, 0) is 12.8 Å². The molecule has 1 fully saturated rings. The second kappa shape index (κ2) is 4.64. The van der Waals surface area contributed by atoms with Crippen LogP contribution in [0.1, 0.15) is 60.0 Å². The van der Waals surface area contributed by atoms with Crippen LogP contribution in [0.15, 0.2) is 18.2 Å². The van der Waals surface area contributed by atoms with Crippen molar-refractivity contribution >= 4 is 5.78 Å². The number of hydrogen-bond donors (Lipinski definition) is 0. The van der Waals surface area contributed by atoms with Gasteiger partial charge in [0.2, 0.25) is 0 Å². The van der Waals surface area contributed by atoms with E-state index in [1.54, 1.807) is 0 Å². The third-order valence-corrected chi connectivity index (χ3v) is 4.37. The van der Waals surface area contributed by atoms with Crippen molar-refractivity contribution in [2.24, 2.45) is 5.92 Å². The maximum atomic E-state index is 12.1. The van der Waals surface area contributed by atoms with E-state index in [0.29, 0.717) is 11.7 Å². The number of fused-ring (bicyclic) bond motifs is 1. The van der Waals surface area contributed by atoms with Crippen LogP contribution >= 0.6 is 0 Å². The summed E-state index contributed by atoms with van der Waals surface area (Å²) in [6, 6.07) is 6.39. The van der Waals surface area contributed by atoms with E-state index < -0.39 is 0 Å². The summed E-state index contributed by atoms with van der Waals surface area (Å²) in [5.74, 6) is 1.04. The van der Waals surface area contributed by atoms with Gasteiger partial charge in [-0.1, -0.05) is 31.4 Å². The molecule has 1 heteroatoms.